The average Bonchev–Trinajstić information content (AvgIpc) is 2.34. The second kappa shape index (κ2) is 6.06. The summed E-state index contributed by atoms with van der Waals surface area (Å²) in [4.78, 5) is 16.3. The maximum Gasteiger partial charge on any atom is 0.237 e. The number of nitrogens with zero attached hydrogens (tertiary/aromatic N) is 2. The van der Waals surface area contributed by atoms with Crippen LogP contribution in [0, 0.1) is 5.92 Å². The van der Waals surface area contributed by atoms with Gasteiger partial charge in [-0.2, -0.15) is 0 Å². The molecular formula is C15H23N3O. The van der Waals surface area contributed by atoms with Crippen LogP contribution in [0.5, 0.6) is 0 Å². The van der Waals surface area contributed by atoms with Crippen LogP contribution in [0.15, 0.2) is 24.3 Å². The number of hydrogen-bond acceptors (Lipinski definition) is 3. The Hall–Kier alpha value is -1.55. The third kappa shape index (κ3) is 3.96. The van der Waals surface area contributed by atoms with Gasteiger partial charge < -0.3 is 10.6 Å². The first-order valence-corrected chi connectivity index (χ1v) is 6.89. The summed E-state index contributed by atoms with van der Waals surface area (Å²) in [6, 6.07) is 7.75. The molecule has 1 saturated heterocycles. The maximum atomic E-state index is 12.1. The topological polar surface area (TPSA) is 49.6 Å². The summed E-state index contributed by atoms with van der Waals surface area (Å²) in [5, 5.41) is 0. The predicted molar refractivity (Wildman–Crippen MR) is 77.5 cm³/mol. The molecule has 104 valence electrons. The number of benzene rings is 1. The lowest BCUT2D eigenvalue weighted by atomic mass is 10.1. The molecule has 2 N–H and O–H groups in total. The third-order valence-corrected chi connectivity index (χ3v) is 3.37. The van der Waals surface area contributed by atoms with Crippen LogP contribution in [0.3, 0.4) is 0 Å². The van der Waals surface area contributed by atoms with Crippen LogP contribution in [-0.2, 0) is 11.3 Å². The molecule has 4 nitrogen and oxygen atoms in total. The van der Waals surface area contributed by atoms with Gasteiger partial charge in [-0.05, 0) is 23.6 Å². The Morgan fingerprint density at radius 2 is 1.89 bits per heavy atom. The smallest absolute Gasteiger partial charge is 0.237 e. The predicted octanol–water partition coefficient (Wildman–Crippen LogP) is 1.57. The van der Waals surface area contributed by atoms with Gasteiger partial charge in [0.15, 0.2) is 0 Å². The largest absolute Gasteiger partial charge is 0.399 e. The number of hydrogen-bond donors (Lipinski definition) is 1. The fourth-order valence-corrected chi connectivity index (χ4v) is 2.44. The molecule has 0 spiro atoms. The van der Waals surface area contributed by atoms with E-state index < -0.39 is 0 Å². The standard InChI is InChI=1S/C15H23N3O/c1-12(2)9-17-7-8-18(15(19)11-17)10-13-3-5-14(16)6-4-13/h3-6,12H,7-11,16H2,1-2H3. The zero-order valence-corrected chi connectivity index (χ0v) is 11.8. The fourth-order valence-electron chi connectivity index (χ4n) is 2.44. The molecule has 1 aromatic carbocycles. The van der Waals surface area contributed by atoms with Gasteiger partial charge in [-0.3, -0.25) is 9.69 Å². The van der Waals surface area contributed by atoms with Gasteiger partial charge >= 0.3 is 0 Å². The molecule has 19 heavy (non-hydrogen) atoms. The van der Waals surface area contributed by atoms with E-state index in [1.165, 1.54) is 0 Å². The van der Waals surface area contributed by atoms with E-state index in [2.05, 4.69) is 18.7 Å². The number of nitrogen functional groups attached to an aromatic ring is 1. The van der Waals surface area contributed by atoms with E-state index in [1.54, 1.807) is 0 Å². The van der Waals surface area contributed by atoms with Gasteiger partial charge in [0.25, 0.3) is 0 Å². The Morgan fingerprint density at radius 1 is 1.21 bits per heavy atom. The first-order valence-electron chi connectivity index (χ1n) is 6.89. The molecule has 0 atom stereocenters. The zero-order valence-electron chi connectivity index (χ0n) is 11.8. The SMILES string of the molecule is CC(C)CN1CCN(Cc2ccc(N)cc2)C(=O)C1. The molecule has 0 unspecified atom stereocenters. The van der Waals surface area contributed by atoms with Crippen molar-refractivity contribution in [3.8, 4) is 0 Å². The van der Waals surface area contributed by atoms with Crippen LogP contribution in [0.1, 0.15) is 19.4 Å². The number of carbonyl (C=O) groups excluding carboxylic acids is 1. The number of piperazine rings is 1. The van der Waals surface area contributed by atoms with Gasteiger partial charge in [-0.1, -0.05) is 26.0 Å². The van der Waals surface area contributed by atoms with Crippen molar-refractivity contribution < 1.29 is 4.79 Å². The minimum absolute atomic E-state index is 0.226. The van der Waals surface area contributed by atoms with E-state index in [4.69, 9.17) is 5.73 Å². The normalized spacial score (nSPS) is 17.2. The van der Waals surface area contributed by atoms with E-state index >= 15 is 0 Å². The molecule has 1 aliphatic heterocycles. The third-order valence-electron chi connectivity index (χ3n) is 3.37. The number of anilines is 1. The monoisotopic (exact) mass is 261 g/mol. The lowest BCUT2D eigenvalue weighted by molar-refractivity contribution is -0.136. The molecule has 2 rings (SSSR count). The van der Waals surface area contributed by atoms with Gasteiger partial charge in [0.05, 0.1) is 6.54 Å². The average molecular weight is 261 g/mol. The Bertz CT molecular complexity index is 428. The molecule has 4 heteroatoms. The van der Waals surface area contributed by atoms with E-state index in [9.17, 15) is 4.79 Å². The second-order valence-electron chi connectivity index (χ2n) is 5.69. The van der Waals surface area contributed by atoms with Crippen molar-refractivity contribution in [2.45, 2.75) is 20.4 Å². The molecular weight excluding hydrogens is 238 g/mol. The highest BCUT2D eigenvalue weighted by molar-refractivity contribution is 5.79. The Kier molecular flexibility index (Phi) is 4.43. The van der Waals surface area contributed by atoms with E-state index in [-0.39, 0.29) is 5.91 Å². The van der Waals surface area contributed by atoms with E-state index in [0.29, 0.717) is 19.0 Å². The fraction of sp³-hybridized carbons (Fsp3) is 0.533. The first-order chi connectivity index (χ1) is 9.04. The second-order valence-corrected chi connectivity index (χ2v) is 5.69. The van der Waals surface area contributed by atoms with Crippen LogP contribution < -0.4 is 5.73 Å². The molecule has 1 aromatic rings. The van der Waals surface area contributed by atoms with Crippen molar-refractivity contribution >= 4 is 11.6 Å². The number of rotatable bonds is 4. The molecule has 0 bridgehead atoms. The van der Waals surface area contributed by atoms with E-state index in [0.717, 1.165) is 30.9 Å². The summed E-state index contributed by atoms with van der Waals surface area (Å²) in [7, 11) is 0. The molecule has 1 amide bonds. The van der Waals surface area contributed by atoms with Crippen LogP contribution in [0.4, 0.5) is 5.69 Å². The lowest BCUT2D eigenvalue weighted by Gasteiger charge is -2.35. The summed E-state index contributed by atoms with van der Waals surface area (Å²) >= 11 is 0. The van der Waals surface area contributed by atoms with Crippen molar-refractivity contribution in [1.82, 2.24) is 9.80 Å². The first kappa shape index (κ1) is 13.9. The molecule has 0 aromatic heterocycles. The van der Waals surface area contributed by atoms with Crippen molar-refractivity contribution in [3.05, 3.63) is 29.8 Å². The van der Waals surface area contributed by atoms with Gasteiger partial charge in [0, 0.05) is 31.9 Å². The minimum Gasteiger partial charge on any atom is -0.399 e. The van der Waals surface area contributed by atoms with Gasteiger partial charge in [-0.15, -0.1) is 0 Å². The zero-order chi connectivity index (χ0) is 13.8. The highest BCUT2D eigenvalue weighted by Crippen LogP contribution is 2.12. The molecule has 0 saturated carbocycles. The summed E-state index contributed by atoms with van der Waals surface area (Å²) in [6.07, 6.45) is 0. The van der Waals surface area contributed by atoms with Crippen LogP contribution in [0.2, 0.25) is 0 Å². The van der Waals surface area contributed by atoms with Gasteiger partial charge in [-0.25, -0.2) is 0 Å². The van der Waals surface area contributed by atoms with Crippen molar-refractivity contribution in [3.63, 3.8) is 0 Å². The Labute approximate surface area is 115 Å². The maximum absolute atomic E-state index is 12.1. The Morgan fingerprint density at radius 3 is 2.47 bits per heavy atom. The van der Waals surface area contributed by atoms with Crippen LogP contribution in [-0.4, -0.2) is 41.9 Å². The molecule has 1 fully saturated rings. The highest BCUT2D eigenvalue weighted by Gasteiger charge is 2.23. The van der Waals surface area contributed by atoms with Gasteiger partial charge in [0.1, 0.15) is 0 Å². The highest BCUT2D eigenvalue weighted by atomic mass is 16.2. The summed E-state index contributed by atoms with van der Waals surface area (Å²) < 4.78 is 0. The van der Waals surface area contributed by atoms with Crippen LogP contribution >= 0.6 is 0 Å². The van der Waals surface area contributed by atoms with Crippen molar-refractivity contribution in [2.75, 3.05) is 31.9 Å². The molecule has 1 heterocycles. The summed E-state index contributed by atoms with van der Waals surface area (Å²) in [5.41, 5.74) is 7.56. The Balaban J connectivity index is 1.89. The van der Waals surface area contributed by atoms with Crippen molar-refractivity contribution in [1.29, 1.82) is 0 Å². The molecule has 0 radical (unpaired) electrons. The van der Waals surface area contributed by atoms with Crippen molar-refractivity contribution in [2.24, 2.45) is 5.92 Å². The van der Waals surface area contributed by atoms with E-state index in [1.807, 2.05) is 29.2 Å². The molecule has 1 aliphatic rings. The summed E-state index contributed by atoms with van der Waals surface area (Å²) in [6.45, 7) is 8.40. The molecule has 0 aliphatic carbocycles. The summed E-state index contributed by atoms with van der Waals surface area (Å²) in [5.74, 6) is 0.833. The van der Waals surface area contributed by atoms with Crippen LogP contribution in [0.25, 0.3) is 0 Å². The van der Waals surface area contributed by atoms with Gasteiger partial charge in [0.2, 0.25) is 5.91 Å². The quantitative estimate of drug-likeness (QED) is 0.837. The number of amides is 1. The lowest BCUT2D eigenvalue weighted by Crippen LogP contribution is -2.50. The minimum atomic E-state index is 0.226. The number of nitrogens with two attached hydrogens (primary N) is 1. The number of carbonyl (C=O) groups is 1.